The Morgan fingerprint density at radius 3 is 2.35 bits per heavy atom. The van der Waals surface area contributed by atoms with Crippen molar-refractivity contribution in [2.24, 2.45) is 11.1 Å². The third kappa shape index (κ3) is 6.68. The maximum atomic E-state index is 11.7. The van der Waals surface area contributed by atoms with Gasteiger partial charge in [-0.1, -0.05) is 0 Å². The van der Waals surface area contributed by atoms with Gasteiger partial charge in [-0.25, -0.2) is 4.79 Å². The number of nitrogens with two attached hydrogens (primary N) is 1. The van der Waals surface area contributed by atoms with Crippen molar-refractivity contribution >= 4 is 23.6 Å². The summed E-state index contributed by atoms with van der Waals surface area (Å²) in [5.41, 5.74) is 4.60. The maximum Gasteiger partial charge on any atom is 0.319 e. The number of rotatable bonds is 8. The molecule has 0 saturated carbocycles. The van der Waals surface area contributed by atoms with Crippen molar-refractivity contribution < 1.29 is 24.2 Å². The molecular formula is C15H21N3O5. The van der Waals surface area contributed by atoms with Crippen molar-refractivity contribution in [1.29, 1.82) is 0 Å². The van der Waals surface area contributed by atoms with E-state index in [-0.39, 0.29) is 13.2 Å². The summed E-state index contributed by atoms with van der Waals surface area (Å²) in [5.74, 6) is -1.03. The molecule has 0 saturated heterocycles. The monoisotopic (exact) mass is 323 g/mol. The lowest BCUT2D eigenvalue weighted by Gasteiger charge is -2.19. The highest BCUT2D eigenvalue weighted by molar-refractivity contribution is 5.89. The van der Waals surface area contributed by atoms with Gasteiger partial charge in [0.25, 0.3) is 5.91 Å². The van der Waals surface area contributed by atoms with Gasteiger partial charge in [0.2, 0.25) is 0 Å². The average Bonchev–Trinajstić information content (AvgIpc) is 2.46. The molecule has 0 aliphatic heterocycles. The van der Waals surface area contributed by atoms with Gasteiger partial charge in [0.1, 0.15) is 5.75 Å². The van der Waals surface area contributed by atoms with E-state index in [4.69, 9.17) is 15.6 Å². The van der Waals surface area contributed by atoms with E-state index in [0.717, 1.165) is 0 Å². The first-order valence-corrected chi connectivity index (χ1v) is 7.00. The van der Waals surface area contributed by atoms with Crippen molar-refractivity contribution in [2.75, 3.05) is 18.5 Å². The topological polar surface area (TPSA) is 131 Å². The number of carboxylic acids is 1. The standard InChI is InChI=1S/C15H21N3O5/c1-15(2,13(20)21)7-8-17-14(22)18-10-3-5-11(6-4-10)23-9-12(16)19/h3-6H,7-9H2,1-2H3,(H2,16,19)(H,20,21)(H2,17,18,22). The molecule has 0 atom stereocenters. The second-order valence-corrected chi connectivity index (χ2v) is 5.60. The molecule has 1 aromatic rings. The summed E-state index contributed by atoms with van der Waals surface area (Å²) in [5, 5.41) is 14.2. The number of primary amides is 1. The third-order valence-electron chi connectivity index (χ3n) is 3.11. The summed E-state index contributed by atoms with van der Waals surface area (Å²) in [6.07, 6.45) is 0.315. The van der Waals surface area contributed by atoms with Crippen LogP contribution in [-0.4, -0.2) is 36.2 Å². The molecular weight excluding hydrogens is 302 g/mol. The molecule has 0 aliphatic rings. The number of anilines is 1. The zero-order valence-electron chi connectivity index (χ0n) is 13.1. The lowest BCUT2D eigenvalue weighted by Crippen LogP contribution is -2.34. The van der Waals surface area contributed by atoms with Gasteiger partial charge in [0, 0.05) is 12.2 Å². The van der Waals surface area contributed by atoms with Crippen LogP contribution in [0.3, 0.4) is 0 Å². The molecule has 3 amide bonds. The fraction of sp³-hybridized carbons (Fsp3) is 0.400. The van der Waals surface area contributed by atoms with Crippen LogP contribution >= 0.6 is 0 Å². The largest absolute Gasteiger partial charge is 0.484 e. The molecule has 1 aromatic carbocycles. The number of carbonyl (C=O) groups excluding carboxylic acids is 2. The van der Waals surface area contributed by atoms with Gasteiger partial charge in [-0.2, -0.15) is 0 Å². The smallest absolute Gasteiger partial charge is 0.319 e. The molecule has 8 nitrogen and oxygen atoms in total. The minimum Gasteiger partial charge on any atom is -0.484 e. The highest BCUT2D eigenvalue weighted by Crippen LogP contribution is 2.19. The Bertz CT molecular complexity index is 569. The van der Waals surface area contributed by atoms with Crippen molar-refractivity contribution in [3.63, 3.8) is 0 Å². The number of hydrogen-bond donors (Lipinski definition) is 4. The first-order valence-electron chi connectivity index (χ1n) is 7.00. The number of ether oxygens (including phenoxy) is 1. The van der Waals surface area contributed by atoms with Crippen molar-refractivity contribution in [3.05, 3.63) is 24.3 Å². The lowest BCUT2D eigenvalue weighted by molar-refractivity contribution is -0.147. The van der Waals surface area contributed by atoms with Crippen molar-refractivity contribution in [1.82, 2.24) is 5.32 Å². The van der Waals surface area contributed by atoms with E-state index < -0.39 is 23.3 Å². The molecule has 8 heteroatoms. The SMILES string of the molecule is CC(C)(CCNC(=O)Nc1ccc(OCC(N)=O)cc1)C(=O)O. The Labute approximate surface area is 134 Å². The molecule has 0 heterocycles. The second-order valence-electron chi connectivity index (χ2n) is 5.60. The van der Waals surface area contributed by atoms with Gasteiger partial charge in [0.05, 0.1) is 5.41 Å². The van der Waals surface area contributed by atoms with Gasteiger partial charge in [0.15, 0.2) is 6.61 Å². The summed E-state index contributed by atoms with van der Waals surface area (Å²) in [7, 11) is 0. The van der Waals surface area contributed by atoms with Gasteiger partial charge in [-0.3, -0.25) is 9.59 Å². The molecule has 0 bridgehead atoms. The fourth-order valence-corrected chi connectivity index (χ4v) is 1.56. The van der Waals surface area contributed by atoms with E-state index in [2.05, 4.69) is 10.6 Å². The number of carboxylic acid groups (broad SMARTS) is 1. The van der Waals surface area contributed by atoms with Crippen LogP contribution in [0.2, 0.25) is 0 Å². The lowest BCUT2D eigenvalue weighted by atomic mass is 9.90. The summed E-state index contributed by atoms with van der Waals surface area (Å²) in [6.45, 7) is 3.22. The highest BCUT2D eigenvalue weighted by atomic mass is 16.5. The fourth-order valence-electron chi connectivity index (χ4n) is 1.56. The quantitative estimate of drug-likeness (QED) is 0.570. The number of urea groups is 1. The van der Waals surface area contributed by atoms with Crippen LogP contribution in [0.25, 0.3) is 0 Å². The summed E-state index contributed by atoms with van der Waals surface area (Å²) < 4.78 is 5.09. The van der Waals surface area contributed by atoms with Crippen molar-refractivity contribution in [3.8, 4) is 5.75 Å². The molecule has 0 aliphatic carbocycles. The van der Waals surface area contributed by atoms with E-state index in [0.29, 0.717) is 17.9 Å². The second kappa shape index (κ2) is 8.02. The third-order valence-corrected chi connectivity index (χ3v) is 3.11. The van der Waals surface area contributed by atoms with Crippen molar-refractivity contribution in [2.45, 2.75) is 20.3 Å². The summed E-state index contributed by atoms with van der Waals surface area (Å²) in [4.78, 5) is 33.2. The Hall–Kier alpha value is -2.77. The molecule has 0 aromatic heterocycles. The predicted molar refractivity (Wildman–Crippen MR) is 84.2 cm³/mol. The zero-order chi connectivity index (χ0) is 17.5. The van der Waals surface area contributed by atoms with E-state index in [9.17, 15) is 14.4 Å². The van der Waals surface area contributed by atoms with E-state index in [1.54, 1.807) is 38.1 Å². The Morgan fingerprint density at radius 1 is 1.22 bits per heavy atom. The van der Waals surface area contributed by atoms with Crippen LogP contribution in [0.1, 0.15) is 20.3 Å². The predicted octanol–water partition coefficient (Wildman–Crippen LogP) is 1.17. The Balaban J connectivity index is 2.39. The van der Waals surface area contributed by atoms with E-state index >= 15 is 0 Å². The van der Waals surface area contributed by atoms with Gasteiger partial charge in [-0.05, 0) is 44.5 Å². The summed E-state index contributed by atoms with van der Waals surface area (Å²) >= 11 is 0. The molecule has 0 unspecified atom stereocenters. The minimum absolute atomic E-state index is 0.216. The normalized spacial score (nSPS) is 10.7. The molecule has 0 spiro atoms. The number of amides is 3. The van der Waals surface area contributed by atoms with Crippen LogP contribution in [0.15, 0.2) is 24.3 Å². The Morgan fingerprint density at radius 2 is 1.83 bits per heavy atom. The number of benzene rings is 1. The van der Waals surface area contributed by atoms with E-state index in [1.165, 1.54) is 0 Å². The highest BCUT2D eigenvalue weighted by Gasteiger charge is 2.26. The molecule has 23 heavy (non-hydrogen) atoms. The number of nitrogens with one attached hydrogen (secondary N) is 2. The average molecular weight is 323 g/mol. The first-order chi connectivity index (χ1) is 10.7. The maximum absolute atomic E-state index is 11.7. The minimum atomic E-state index is -0.911. The van der Waals surface area contributed by atoms with Crippen LogP contribution < -0.4 is 21.1 Å². The molecule has 126 valence electrons. The molecule has 0 radical (unpaired) electrons. The van der Waals surface area contributed by atoms with Gasteiger partial charge >= 0.3 is 12.0 Å². The van der Waals surface area contributed by atoms with Crippen LogP contribution in [-0.2, 0) is 9.59 Å². The van der Waals surface area contributed by atoms with E-state index in [1.807, 2.05) is 0 Å². The Kier molecular flexibility index (Phi) is 6.37. The molecule has 5 N–H and O–H groups in total. The number of carbonyl (C=O) groups is 3. The number of hydrogen-bond acceptors (Lipinski definition) is 4. The number of aliphatic carboxylic acids is 1. The van der Waals surface area contributed by atoms with Gasteiger partial charge < -0.3 is 26.2 Å². The van der Waals surface area contributed by atoms with Crippen LogP contribution in [0, 0.1) is 5.41 Å². The summed E-state index contributed by atoms with van der Waals surface area (Å²) in [6, 6.07) is 5.96. The van der Waals surface area contributed by atoms with Gasteiger partial charge in [-0.15, -0.1) is 0 Å². The molecule has 1 rings (SSSR count). The zero-order valence-corrected chi connectivity index (χ0v) is 13.1. The molecule has 0 fully saturated rings. The first kappa shape index (κ1) is 18.3. The van der Waals surface area contributed by atoms with Crippen LogP contribution in [0.5, 0.6) is 5.75 Å². The van der Waals surface area contributed by atoms with Crippen LogP contribution in [0.4, 0.5) is 10.5 Å².